The molecule has 7 heteroatoms. The van der Waals surface area contributed by atoms with Crippen LogP contribution in [-0.2, 0) is 4.79 Å². The number of aromatic nitrogens is 2. The minimum absolute atomic E-state index is 0.00776. The first-order chi connectivity index (χ1) is 13.0. The molecule has 1 saturated heterocycles. The van der Waals surface area contributed by atoms with E-state index in [4.69, 9.17) is 0 Å². The van der Waals surface area contributed by atoms with Gasteiger partial charge in [0, 0.05) is 37.1 Å². The summed E-state index contributed by atoms with van der Waals surface area (Å²) in [5, 5.41) is 5.80. The summed E-state index contributed by atoms with van der Waals surface area (Å²) < 4.78 is 0. The lowest BCUT2D eigenvalue weighted by Gasteiger charge is -2.33. The summed E-state index contributed by atoms with van der Waals surface area (Å²) in [7, 11) is 0. The van der Waals surface area contributed by atoms with E-state index in [1.807, 2.05) is 19.1 Å². The van der Waals surface area contributed by atoms with Crippen molar-refractivity contribution in [1.82, 2.24) is 20.6 Å². The number of carbonyl (C=O) groups is 2. The van der Waals surface area contributed by atoms with E-state index < -0.39 is 6.04 Å². The Morgan fingerprint density at radius 3 is 2.74 bits per heavy atom. The van der Waals surface area contributed by atoms with E-state index in [1.54, 1.807) is 37.5 Å². The van der Waals surface area contributed by atoms with E-state index in [2.05, 4.69) is 25.5 Å². The molecular weight excluding hydrogens is 342 g/mol. The van der Waals surface area contributed by atoms with Gasteiger partial charge in [0.1, 0.15) is 6.04 Å². The largest absolute Gasteiger partial charge is 0.350 e. The smallest absolute Gasteiger partial charge is 0.251 e. The molecule has 1 aromatic heterocycles. The molecule has 0 saturated carbocycles. The predicted molar refractivity (Wildman–Crippen MR) is 104 cm³/mol. The van der Waals surface area contributed by atoms with Crippen LogP contribution >= 0.6 is 0 Å². The lowest BCUT2D eigenvalue weighted by molar-refractivity contribution is -0.123. The maximum Gasteiger partial charge on any atom is 0.251 e. The number of hydrogen-bond donors (Lipinski definition) is 2. The van der Waals surface area contributed by atoms with E-state index >= 15 is 0 Å². The number of carbonyl (C=O) groups excluding carboxylic acids is 2. The van der Waals surface area contributed by atoms with E-state index in [1.165, 1.54) is 0 Å². The van der Waals surface area contributed by atoms with Gasteiger partial charge >= 0.3 is 0 Å². The lowest BCUT2D eigenvalue weighted by Crippen LogP contribution is -2.53. The zero-order chi connectivity index (χ0) is 19.2. The minimum atomic E-state index is -0.610. The molecule has 0 bridgehead atoms. The summed E-state index contributed by atoms with van der Waals surface area (Å²) in [5.41, 5.74) is 1.56. The highest BCUT2D eigenvalue weighted by atomic mass is 16.2. The Hall–Kier alpha value is -2.96. The van der Waals surface area contributed by atoms with Crippen molar-refractivity contribution in [2.75, 3.05) is 18.0 Å². The van der Waals surface area contributed by atoms with Crippen LogP contribution in [0.4, 0.5) is 5.95 Å². The van der Waals surface area contributed by atoms with Gasteiger partial charge in [-0.2, -0.15) is 0 Å². The van der Waals surface area contributed by atoms with Crippen LogP contribution < -0.4 is 15.5 Å². The van der Waals surface area contributed by atoms with Crippen molar-refractivity contribution in [3.8, 4) is 0 Å². The highest BCUT2D eigenvalue weighted by molar-refractivity contribution is 5.97. The third kappa shape index (κ3) is 5.03. The fourth-order valence-electron chi connectivity index (χ4n) is 3.19. The van der Waals surface area contributed by atoms with Crippen molar-refractivity contribution < 1.29 is 9.59 Å². The van der Waals surface area contributed by atoms with Crippen molar-refractivity contribution in [2.45, 2.75) is 38.8 Å². The second-order valence-electron chi connectivity index (χ2n) is 6.91. The van der Waals surface area contributed by atoms with Crippen molar-refractivity contribution in [2.24, 2.45) is 0 Å². The average Bonchev–Trinajstić information content (AvgIpc) is 2.68. The van der Waals surface area contributed by atoms with Crippen LogP contribution in [0.5, 0.6) is 0 Å². The van der Waals surface area contributed by atoms with Gasteiger partial charge in [0.15, 0.2) is 0 Å². The fourth-order valence-corrected chi connectivity index (χ4v) is 3.19. The van der Waals surface area contributed by atoms with Gasteiger partial charge in [0.25, 0.3) is 5.91 Å². The van der Waals surface area contributed by atoms with Crippen LogP contribution in [-0.4, -0.2) is 47.0 Å². The summed E-state index contributed by atoms with van der Waals surface area (Å²) >= 11 is 0. The van der Waals surface area contributed by atoms with Crippen LogP contribution in [0.3, 0.4) is 0 Å². The number of piperidine rings is 1. The Morgan fingerprint density at radius 2 is 2.00 bits per heavy atom. The molecule has 1 aliphatic rings. The molecule has 0 aliphatic carbocycles. The molecule has 27 heavy (non-hydrogen) atoms. The van der Waals surface area contributed by atoms with Gasteiger partial charge in [-0.3, -0.25) is 9.59 Å². The second kappa shape index (κ2) is 8.62. The average molecular weight is 367 g/mol. The number of aryl methyl sites for hydroxylation is 1. The monoisotopic (exact) mass is 367 g/mol. The topological polar surface area (TPSA) is 87.2 Å². The van der Waals surface area contributed by atoms with Crippen LogP contribution in [0.25, 0.3) is 0 Å². The molecule has 2 amide bonds. The molecule has 1 fully saturated rings. The first-order valence-corrected chi connectivity index (χ1v) is 9.23. The van der Waals surface area contributed by atoms with Crippen molar-refractivity contribution in [1.29, 1.82) is 0 Å². The maximum atomic E-state index is 12.5. The van der Waals surface area contributed by atoms with Gasteiger partial charge in [-0.05, 0) is 44.9 Å². The van der Waals surface area contributed by atoms with Crippen LogP contribution in [0.1, 0.15) is 35.7 Å². The Balaban J connectivity index is 1.54. The van der Waals surface area contributed by atoms with Crippen molar-refractivity contribution in [3.05, 3.63) is 53.9 Å². The number of rotatable bonds is 5. The number of hydrogen-bond acceptors (Lipinski definition) is 5. The number of amides is 2. The second-order valence-corrected chi connectivity index (χ2v) is 6.91. The molecule has 142 valence electrons. The Bertz CT molecular complexity index is 796. The molecule has 0 radical (unpaired) electrons. The Labute approximate surface area is 159 Å². The molecule has 0 spiro atoms. The Morgan fingerprint density at radius 1 is 1.22 bits per heavy atom. The molecule has 0 unspecified atom stereocenters. The fraction of sp³-hybridized carbons (Fsp3) is 0.400. The van der Waals surface area contributed by atoms with Gasteiger partial charge in [-0.25, -0.2) is 9.97 Å². The summed E-state index contributed by atoms with van der Waals surface area (Å²) in [4.78, 5) is 35.5. The van der Waals surface area contributed by atoms with Gasteiger partial charge in [-0.15, -0.1) is 0 Å². The lowest BCUT2D eigenvalue weighted by atomic mass is 10.1. The summed E-state index contributed by atoms with van der Waals surface area (Å²) in [6.07, 6.45) is 5.28. The van der Waals surface area contributed by atoms with E-state index in [9.17, 15) is 9.59 Å². The molecule has 2 aromatic rings. The highest BCUT2D eigenvalue weighted by Gasteiger charge is 2.25. The molecular formula is C20H25N5O2. The van der Waals surface area contributed by atoms with Crippen molar-refractivity contribution in [3.63, 3.8) is 0 Å². The zero-order valence-electron chi connectivity index (χ0n) is 15.7. The predicted octanol–water partition coefficient (Wildman–Crippen LogP) is 1.69. The van der Waals surface area contributed by atoms with E-state index in [0.29, 0.717) is 18.1 Å². The normalized spacial score (nSPS) is 17.9. The number of anilines is 1. The van der Waals surface area contributed by atoms with E-state index in [0.717, 1.165) is 24.9 Å². The van der Waals surface area contributed by atoms with Crippen molar-refractivity contribution >= 4 is 17.8 Å². The third-order valence-corrected chi connectivity index (χ3v) is 4.62. The van der Waals surface area contributed by atoms with Gasteiger partial charge in [0.05, 0.1) is 0 Å². The summed E-state index contributed by atoms with van der Waals surface area (Å²) in [5.74, 6) is 0.249. The summed E-state index contributed by atoms with van der Waals surface area (Å²) in [6, 6.07) is 8.49. The van der Waals surface area contributed by atoms with Gasteiger partial charge in [-0.1, -0.05) is 17.7 Å². The molecule has 2 N–H and O–H groups in total. The number of nitrogens with zero attached hydrogens (tertiary/aromatic N) is 3. The maximum absolute atomic E-state index is 12.5. The molecule has 1 aliphatic heterocycles. The van der Waals surface area contributed by atoms with Gasteiger partial charge < -0.3 is 15.5 Å². The highest BCUT2D eigenvalue weighted by Crippen LogP contribution is 2.15. The zero-order valence-corrected chi connectivity index (χ0v) is 15.7. The minimum Gasteiger partial charge on any atom is -0.350 e. The molecule has 3 rings (SSSR count). The van der Waals surface area contributed by atoms with E-state index in [-0.39, 0.29) is 17.9 Å². The van der Waals surface area contributed by atoms with Gasteiger partial charge in [0.2, 0.25) is 11.9 Å². The SMILES string of the molecule is Cc1cccc(C(=O)N[C@H](C)C(=O)N[C@H]2CCCN(c3ncccn3)C2)c1. The molecule has 7 nitrogen and oxygen atoms in total. The van der Waals surface area contributed by atoms with Crippen LogP contribution in [0.15, 0.2) is 42.7 Å². The standard InChI is InChI=1S/C20H25N5O2/c1-14-6-3-7-16(12-14)19(27)23-15(2)18(26)24-17-8-4-11-25(13-17)20-21-9-5-10-22-20/h3,5-7,9-10,12,15,17H,4,8,11,13H2,1-2H3,(H,23,27)(H,24,26)/t15-,17+/m1/s1. The molecule has 2 heterocycles. The first-order valence-electron chi connectivity index (χ1n) is 9.23. The summed E-state index contributed by atoms with van der Waals surface area (Å²) in [6.45, 7) is 5.16. The first kappa shape index (κ1) is 18.8. The quantitative estimate of drug-likeness (QED) is 0.840. The third-order valence-electron chi connectivity index (χ3n) is 4.62. The van der Waals surface area contributed by atoms with Crippen LogP contribution in [0, 0.1) is 6.92 Å². The number of nitrogens with one attached hydrogen (secondary N) is 2. The number of benzene rings is 1. The molecule has 2 atom stereocenters. The Kier molecular flexibility index (Phi) is 6.01. The van der Waals surface area contributed by atoms with Crippen LogP contribution in [0.2, 0.25) is 0 Å². The molecule has 1 aromatic carbocycles.